The first-order valence-electron chi connectivity index (χ1n) is 9.86. The summed E-state index contributed by atoms with van der Waals surface area (Å²) in [4.78, 5) is 30.0. The molecule has 2 aromatic heterocycles. The summed E-state index contributed by atoms with van der Waals surface area (Å²) in [6, 6.07) is 13.5. The quantitative estimate of drug-likeness (QED) is 0.724. The Labute approximate surface area is 170 Å². The number of piperazine rings is 1. The molecular formula is C22H24N6O. The highest BCUT2D eigenvalue weighted by atomic mass is 16.1. The van der Waals surface area contributed by atoms with Crippen molar-refractivity contribution >= 4 is 23.4 Å². The molecule has 4 rings (SSSR count). The average molecular weight is 388 g/mol. The van der Waals surface area contributed by atoms with Gasteiger partial charge in [0.1, 0.15) is 5.82 Å². The van der Waals surface area contributed by atoms with E-state index < -0.39 is 0 Å². The van der Waals surface area contributed by atoms with E-state index >= 15 is 0 Å². The molecule has 7 nitrogen and oxygen atoms in total. The number of pyridine rings is 1. The van der Waals surface area contributed by atoms with E-state index in [1.165, 1.54) is 5.56 Å². The number of nitrogens with zero attached hydrogens (tertiary/aromatic N) is 5. The first-order valence-corrected chi connectivity index (χ1v) is 9.86. The monoisotopic (exact) mass is 388 g/mol. The van der Waals surface area contributed by atoms with Crippen LogP contribution < -0.4 is 15.1 Å². The summed E-state index contributed by atoms with van der Waals surface area (Å²) in [5.41, 5.74) is 2.58. The van der Waals surface area contributed by atoms with Gasteiger partial charge in [0.15, 0.2) is 0 Å². The average Bonchev–Trinajstić information content (AvgIpc) is 2.80. The Bertz CT molecular complexity index is 935. The Balaban J connectivity index is 1.34. The summed E-state index contributed by atoms with van der Waals surface area (Å²) in [5.74, 6) is 1.49. The minimum atomic E-state index is -0.153. The molecule has 1 amide bonds. The van der Waals surface area contributed by atoms with Crippen molar-refractivity contribution in [2.75, 3.05) is 41.3 Å². The van der Waals surface area contributed by atoms with E-state index in [1.54, 1.807) is 18.6 Å². The number of carbonyl (C=O) groups excluding carboxylic acids is 1. The van der Waals surface area contributed by atoms with E-state index in [-0.39, 0.29) is 5.91 Å². The molecule has 3 aromatic rings. The number of nitrogens with one attached hydrogen (secondary N) is 1. The zero-order valence-corrected chi connectivity index (χ0v) is 16.5. The number of anilines is 3. The van der Waals surface area contributed by atoms with Crippen molar-refractivity contribution < 1.29 is 4.79 Å². The number of rotatable bonds is 5. The summed E-state index contributed by atoms with van der Waals surface area (Å²) in [7, 11) is 0. The smallest absolute Gasteiger partial charge is 0.257 e. The van der Waals surface area contributed by atoms with Gasteiger partial charge in [-0.05, 0) is 42.3 Å². The van der Waals surface area contributed by atoms with Gasteiger partial charge >= 0.3 is 0 Å². The molecule has 3 heterocycles. The van der Waals surface area contributed by atoms with Crippen molar-refractivity contribution in [2.45, 2.75) is 13.3 Å². The Morgan fingerprint density at radius 2 is 1.62 bits per heavy atom. The molecule has 1 aromatic carbocycles. The summed E-state index contributed by atoms with van der Waals surface area (Å²) in [5, 5.41) is 2.92. The van der Waals surface area contributed by atoms with Crippen LogP contribution in [0.2, 0.25) is 0 Å². The van der Waals surface area contributed by atoms with E-state index in [2.05, 4.69) is 37.0 Å². The maximum absolute atomic E-state index is 12.5. The van der Waals surface area contributed by atoms with Crippen LogP contribution in [0.25, 0.3) is 0 Å². The number of hydrogen-bond acceptors (Lipinski definition) is 6. The summed E-state index contributed by atoms with van der Waals surface area (Å²) in [6.45, 7) is 5.45. The van der Waals surface area contributed by atoms with Crippen LogP contribution in [0, 0.1) is 0 Å². The maximum atomic E-state index is 12.5. The van der Waals surface area contributed by atoms with Gasteiger partial charge in [-0.1, -0.05) is 19.1 Å². The van der Waals surface area contributed by atoms with Gasteiger partial charge < -0.3 is 15.1 Å². The number of hydrogen-bond donors (Lipinski definition) is 1. The third kappa shape index (κ3) is 4.51. The number of amides is 1. The van der Waals surface area contributed by atoms with Gasteiger partial charge in [0.25, 0.3) is 5.91 Å². The third-order valence-electron chi connectivity index (χ3n) is 5.07. The van der Waals surface area contributed by atoms with E-state index in [0.29, 0.717) is 5.56 Å². The molecule has 1 saturated heterocycles. The second kappa shape index (κ2) is 8.68. The van der Waals surface area contributed by atoms with Crippen LogP contribution >= 0.6 is 0 Å². The molecule has 1 aliphatic heterocycles. The lowest BCUT2D eigenvalue weighted by molar-refractivity contribution is 0.102. The van der Waals surface area contributed by atoms with Gasteiger partial charge in [-0.25, -0.2) is 15.0 Å². The first-order chi connectivity index (χ1) is 14.2. The van der Waals surface area contributed by atoms with Crippen LogP contribution in [0.3, 0.4) is 0 Å². The predicted octanol–water partition coefficient (Wildman–Crippen LogP) is 3.01. The Hall–Kier alpha value is -3.48. The number of aryl methyl sites for hydroxylation is 1. The molecule has 0 atom stereocenters. The minimum absolute atomic E-state index is 0.153. The van der Waals surface area contributed by atoms with E-state index in [1.807, 2.05) is 42.5 Å². The van der Waals surface area contributed by atoms with Crippen LogP contribution in [0.4, 0.5) is 17.5 Å². The van der Waals surface area contributed by atoms with Gasteiger partial charge in [-0.3, -0.25) is 4.79 Å². The predicted molar refractivity (Wildman–Crippen MR) is 114 cm³/mol. The van der Waals surface area contributed by atoms with E-state index in [0.717, 1.165) is 50.1 Å². The van der Waals surface area contributed by atoms with Crippen molar-refractivity contribution in [3.05, 3.63) is 72.2 Å². The lowest BCUT2D eigenvalue weighted by Gasteiger charge is -2.35. The fourth-order valence-corrected chi connectivity index (χ4v) is 3.32. The van der Waals surface area contributed by atoms with Crippen LogP contribution in [0.15, 0.2) is 61.1 Å². The molecule has 1 N–H and O–H groups in total. The molecular weight excluding hydrogens is 364 g/mol. The molecule has 148 valence electrons. The van der Waals surface area contributed by atoms with Gasteiger partial charge in [0, 0.05) is 50.5 Å². The fourth-order valence-electron chi connectivity index (χ4n) is 3.32. The molecule has 0 spiro atoms. The van der Waals surface area contributed by atoms with Crippen molar-refractivity contribution in [1.82, 2.24) is 15.0 Å². The molecule has 29 heavy (non-hydrogen) atoms. The number of benzene rings is 1. The highest BCUT2D eigenvalue weighted by Gasteiger charge is 2.20. The van der Waals surface area contributed by atoms with Crippen molar-refractivity contribution in [1.29, 1.82) is 0 Å². The summed E-state index contributed by atoms with van der Waals surface area (Å²) in [6.07, 6.45) is 6.14. The molecule has 0 unspecified atom stereocenters. The topological polar surface area (TPSA) is 74.2 Å². The largest absolute Gasteiger partial charge is 0.353 e. The SMILES string of the molecule is CCc1ccc(NC(=O)c2ccc(N3CCN(c4ncccn4)CC3)nc2)cc1. The van der Waals surface area contributed by atoms with Crippen LogP contribution in [0.5, 0.6) is 0 Å². The normalized spacial score (nSPS) is 14.0. The third-order valence-corrected chi connectivity index (χ3v) is 5.07. The van der Waals surface area contributed by atoms with Gasteiger partial charge in [0.05, 0.1) is 5.56 Å². The second-order valence-electron chi connectivity index (χ2n) is 6.93. The molecule has 0 aliphatic carbocycles. The number of carbonyl (C=O) groups is 1. The molecule has 0 bridgehead atoms. The minimum Gasteiger partial charge on any atom is -0.353 e. The zero-order chi connectivity index (χ0) is 20.1. The molecule has 7 heteroatoms. The van der Waals surface area contributed by atoms with Gasteiger partial charge in [0.2, 0.25) is 5.95 Å². The molecule has 0 saturated carbocycles. The van der Waals surface area contributed by atoms with Crippen molar-refractivity contribution in [3.8, 4) is 0 Å². The standard InChI is InChI=1S/C22H24N6O/c1-2-17-4-7-19(8-5-17)26-21(29)18-6-9-20(25-16-18)27-12-14-28(15-13-27)22-23-10-3-11-24-22/h3-11,16H,2,12-15H2,1H3,(H,26,29). The zero-order valence-electron chi connectivity index (χ0n) is 16.5. The van der Waals surface area contributed by atoms with Gasteiger partial charge in [-0.15, -0.1) is 0 Å². The lowest BCUT2D eigenvalue weighted by atomic mass is 10.1. The second-order valence-corrected chi connectivity index (χ2v) is 6.93. The Kier molecular flexibility index (Phi) is 5.65. The van der Waals surface area contributed by atoms with Crippen molar-refractivity contribution in [3.63, 3.8) is 0 Å². The first kappa shape index (κ1) is 18.9. The highest BCUT2D eigenvalue weighted by molar-refractivity contribution is 6.04. The highest BCUT2D eigenvalue weighted by Crippen LogP contribution is 2.17. The lowest BCUT2D eigenvalue weighted by Crippen LogP contribution is -2.47. The maximum Gasteiger partial charge on any atom is 0.257 e. The van der Waals surface area contributed by atoms with E-state index in [4.69, 9.17) is 0 Å². The Morgan fingerprint density at radius 3 is 2.24 bits per heavy atom. The molecule has 0 radical (unpaired) electrons. The summed E-state index contributed by atoms with van der Waals surface area (Å²) < 4.78 is 0. The number of aromatic nitrogens is 3. The Morgan fingerprint density at radius 1 is 0.931 bits per heavy atom. The summed E-state index contributed by atoms with van der Waals surface area (Å²) >= 11 is 0. The van der Waals surface area contributed by atoms with Crippen LogP contribution in [0.1, 0.15) is 22.8 Å². The molecule has 1 aliphatic rings. The fraction of sp³-hybridized carbons (Fsp3) is 0.273. The van der Waals surface area contributed by atoms with E-state index in [9.17, 15) is 4.79 Å². The van der Waals surface area contributed by atoms with Gasteiger partial charge in [-0.2, -0.15) is 0 Å². The van der Waals surface area contributed by atoms with Crippen LogP contribution in [-0.4, -0.2) is 47.0 Å². The van der Waals surface area contributed by atoms with Crippen LogP contribution in [-0.2, 0) is 6.42 Å². The molecule has 1 fully saturated rings. The van der Waals surface area contributed by atoms with Crippen molar-refractivity contribution in [2.24, 2.45) is 0 Å².